The lowest BCUT2D eigenvalue weighted by Gasteiger charge is -2.52. The van der Waals surface area contributed by atoms with Crippen molar-refractivity contribution < 1.29 is 54.9 Å². The minimum Gasteiger partial charge on any atom is -0.477 e. The van der Waals surface area contributed by atoms with E-state index in [0.29, 0.717) is 6.92 Å². The van der Waals surface area contributed by atoms with E-state index in [4.69, 9.17) is 20.7 Å². The molecule has 0 aromatic carbocycles. The van der Waals surface area contributed by atoms with Crippen molar-refractivity contribution in [3.63, 3.8) is 0 Å². The Bertz CT molecular complexity index is 554. The molecule has 0 aromatic rings. The average molecular weight is 367 g/mol. The van der Waals surface area contributed by atoms with Crippen molar-refractivity contribution in [3.05, 3.63) is 0 Å². The molecule has 0 aliphatic carbocycles. The number of aliphatic hydroxyl groups excluding tert-OH is 5. The van der Waals surface area contributed by atoms with E-state index in [0.717, 1.165) is 0 Å². The lowest BCUT2D eigenvalue weighted by atomic mass is 9.63. The second-order valence-electron chi connectivity index (χ2n) is 5.74. The van der Waals surface area contributed by atoms with Crippen LogP contribution in [-0.4, -0.2) is 103 Å². The maximum atomic E-state index is 12.1. The summed E-state index contributed by atoms with van der Waals surface area (Å²) < 4.78 is 4.80. The van der Waals surface area contributed by atoms with Crippen LogP contribution in [-0.2, 0) is 19.1 Å². The Morgan fingerprint density at radius 3 is 2.12 bits per heavy atom. The topological polar surface area (TPSA) is 228 Å². The minimum atomic E-state index is -3.70. The van der Waals surface area contributed by atoms with Crippen molar-refractivity contribution in [2.24, 2.45) is 11.1 Å². The average Bonchev–Trinajstić information content (AvgIpc) is 2.56. The zero-order chi connectivity index (χ0) is 19.7. The molecule has 0 spiro atoms. The number of carboxylic acid groups (broad SMARTS) is 1. The number of carbonyl (C=O) groups excluding carboxylic acids is 2. The first-order valence-corrected chi connectivity index (χ1v) is 7.12. The minimum absolute atomic E-state index is 0.681. The summed E-state index contributed by atoms with van der Waals surface area (Å²) in [6.45, 7) is -1.74. The van der Waals surface area contributed by atoms with Gasteiger partial charge in [0.25, 0.3) is 5.79 Å². The Balaban J connectivity index is 3.60. The van der Waals surface area contributed by atoms with E-state index >= 15 is 0 Å². The van der Waals surface area contributed by atoms with Gasteiger partial charge in [-0.05, 0) is 6.92 Å². The van der Waals surface area contributed by atoms with Gasteiger partial charge in [0.1, 0.15) is 24.9 Å². The molecular weight excluding hydrogens is 346 g/mol. The molecule has 0 amide bonds. The summed E-state index contributed by atoms with van der Waals surface area (Å²) in [4.78, 5) is 35.8. The van der Waals surface area contributed by atoms with E-state index in [1.165, 1.54) is 0 Å². The van der Waals surface area contributed by atoms with E-state index in [1.807, 2.05) is 0 Å². The van der Waals surface area contributed by atoms with Gasteiger partial charge in [0.15, 0.2) is 17.0 Å². The number of aliphatic carboxylic acids is 1. The molecule has 2 unspecified atom stereocenters. The number of ether oxygens (including phenoxy) is 1. The van der Waals surface area contributed by atoms with Crippen LogP contribution in [0.15, 0.2) is 0 Å². The van der Waals surface area contributed by atoms with Gasteiger partial charge in [0.2, 0.25) is 0 Å². The lowest BCUT2D eigenvalue weighted by Crippen LogP contribution is -2.79. The molecule has 1 saturated heterocycles. The third kappa shape index (κ3) is 2.96. The molecule has 1 aliphatic heterocycles. The molecule has 1 heterocycles. The van der Waals surface area contributed by atoms with Crippen molar-refractivity contribution in [2.75, 3.05) is 13.2 Å². The first kappa shape index (κ1) is 21.5. The highest BCUT2D eigenvalue weighted by Gasteiger charge is 2.74. The first-order valence-electron chi connectivity index (χ1n) is 7.12. The molecule has 12 nitrogen and oxygen atoms in total. The van der Waals surface area contributed by atoms with Gasteiger partial charge in [-0.25, -0.2) is 4.79 Å². The summed E-state index contributed by atoms with van der Waals surface area (Å²) in [5.41, 5.74) is 2.45. The third-order valence-electron chi connectivity index (χ3n) is 4.38. The summed E-state index contributed by atoms with van der Waals surface area (Å²) >= 11 is 0. The zero-order valence-electron chi connectivity index (χ0n) is 13.1. The van der Waals surface area contributed by atoms with Crippen molar-refractivity contribution in [1.82, 2.24) is 0 Å². The molecule has 1 aliphatic rings. The molecule has 1 fully saturated rings. The number of carboxylic acids is 1. The summed E-state index contributed by atoms with van der Waals surface area (Å²) in [6, 6.07) is -1.84. The largest absolute Gasteiger partial charge is 0.477 e. The van der Waals surface area contributed by atoms with E-state index in [9.17, 15) is 39.9 Å². The normalized spacial score (nSPS) is 38.0. The SMILES string of the molecule is CC(=O)C1(C(=O)CO)[C@H](O)[C@@H](N)[C@H]([C@H](O)[C@H](O)CO)OC1(O)C(=O)O. The Labute approximate surface area is 141 Å². The number of nitrogens with two attached hydrogens (primary N) is 1. The fraction of sp³-hybridized carbons (Fsp3) is 0.769. The third-order valence-corrected chi connectivity index (χ3v) is 4.38. The van der Waals surface area contributed by atoms with Gasteiger partial charge in [-0.15, -0.1) is 0 Å². The van der Waals surface area contributed by atoms with Crippen LogP contribution in [0, 0.1) is 5.41 Å². The monoisotopic (exact) mass is 367 g/mol. The van der Waals surface area contributed by atoms with Gasteiger partial charge in [0, 0.05) is 0 Å². The number of carbonyl (C=O) groups is 3. The number of Topliss-reactive ketones (excluding diaryl/α,β-unsaturated/α-hetero) is 2. The van der Waals surface area contributed by atoms with Gasteiger partial charge >= 0.3 is 5.97 Å². The van der Waals surface area contributed by atoms with E-state index < -0.39 is 72.4 Å². The Kier molecular flexibility index (Phi) is 6.36. The quantitative estimate of drug-likeness (QED) is 0.197. The van der Waals surface area contributed by atoms with Gasteiger partial charge in [0.05, 0.1) is 18.8 Å². The Morgan fingerprint density at radius 2 is 1.76 bits per heavy atom. The van der Waals surface area contributed by atoms with Crippen LogP contribution in [0.3, 0.4) is 0 Å². The standard InChI is InChI=1S/C13H21NO11/c1-4(17)12(6(19)3-16)10(21)7(14)9(8(20)5(18)2-15)25-13(12,24)11(22)23/h5,7-10,15-16,18,20-21,24H,2-3,14H2,1H3,(H,22,23)/t5-,7+,8-,9-,10-,12?,13?/m1/s1. The maximum Gasteiger partial charge on any atom is 0.365 e. The zero-order valence-corrected chi connectivity index (χ0v) is 13.1. The lowest BCUT2D eigenvalue weighted by molar-refractivity contribution is -0.331. The van der Waals surface area contributed by atoms with Crippen molar-refractivity contribution in [1.29, 1.82) is 0 Å². The van der Waals surface area contributed by atoms with Crippen molar-refractivity contribution >= 4 is 17.5 Å². The number of hydrogen-bond donors (Lipinski definition) is 8. The van der Waals surface area contributed by atoms with Gasteiger partial charge < -0.3 is 46.2 Å². The summed E-state index contributed by atoms with van der Waals surface area (Å²) in [5.74, 6) is -8.89. The van der Waals surface area contributed by atoms with Gasteiger partial charge in [-0.2, -0.15) is 0 Å². The highest BCUT2D eigenvalue weighted by molar-refractivity contribution is 6.12. The Morgan fingerprint density at radius 1 is 1.24 bits per heavy atom. The van der Waals surface area contributed by atoms with E-state index in [2.05, 4.69) is 0 Å². The van der Waals surface area contributed by atoms with Gasteiger partial charge in [-0.1, -0.05) is 0 Å². The van der Waals surface area contributed by atoms with E-state index in [-0.39, 0.29) is 0 Å². The molecule has 25 heavy (non-hydrogen) atoms. The van der Waals surface area contributed by atoms with Crippen LogP contribution >= 0.6 is 0 Å². The molecule has 0 aromatic heterocycles. The fourth-order valence-electron chi connectivity index (χ4n) is 3.00. The molecule has 0 radical (unpaired) electrons. The molecule has 12 heteroatoms. The van der Waals surface area contributed by atoms with Crippen LogP contribution in [0.25, 0.3) is 0 Å². The number of aliphatic hydroxyl groups is 6. The van der Waals surface area contributed by atoms with Crippen LogP contribution in [0.2, 0.25) is 0 Å². The predicted octanol–water partition coefficient (Wildman–Crippen LogP) is -5.30. The number of ketones is 2. The fourth-order valence-corrected chi connectivity index (χ4v) is 3.00. The van der Waals surface area contributed by atoms with Crippen molar-refractivity contribution in [3.8, 4) is 0 Å². The summed E-state index contributed by atoms with van der Waals surface area (Å²) in [7, 11) is 0. The number of rotatable bonds is 7. The van der Waals surface area contributed by atoms with Crippen LogP contribution in [0.4, 0.5) is 0 Å². The molecule has 1 rings (SSSR count). The molecule has 9 N–H and O–H groups in total. The van der Waals surface area contributed by atoms with Gasteiger partial charge in [-0.3, -0.25) is 9.59 Å². The maximum absolute atomic E-state index is 12.1. The highest BCUT2D eigenvalue weighted by Crippen LogP contribution is 2.46. The predicted molar refractivity (Wildman–Crippen MR) is 75.7 cm³/mol. The summed E-state index contributed by atoms with van der Waals surface area (Å²) in [5, 5.41) is 67.5. The van der Waals surface area contributed by atoms with Crippen molar-refractivity contribution in [2.45, 2.75) is 43.2 Å². The molecule has 0 saturated carbocycles. The molecular formula is C13H21NO11. The van der Waals surface area contributed by atoms with Crippen LogP contribution in [0.5, 0.6) is 0 Å². The second-order valence-corrected chi connectivity index (χ2v) is 5.74. The smallest absolute Gasteiger partial charge is 0.365 e. The molecule has 7 atom stereocenters. The second kappa shape index (κ2) is 7.39. The van der Waals surface area contributed by atoms with E-state index in [1.54, 1.807) is 0 Å². The molecule has 144 valence electrons. The van der Waals surface area contributed by atoms with Crippen LogP contribution in [0.1, 0.15) is 6.92 Å². The van der Waals surface area contributed by atoms with Crippen LogP contribution < -0.4 is 5.73 Å². The summed E-state index contributed by atoms with van der Waals surface area (Å²) in [6.07, 6.45) is -8.34. The molecule has 0 bridgehead atoms. The first-order chi connectivity index (χ1) is 11.4. The Hall–Kier alpha value is -1.51. The highest BCUT2D eigenvalue weighted by atomic mass is 16.7. The number of hydrogen-bond acceptors (Lipinski definition) is 11.